The second kappa shape index (κ2) is 10.3. The van der Waals surface area contributed by atoms with Crippen LogP contribution >= 0.6 is 0 Å². The maximum atomic E-state index is 12.0. The number of esters is 1. The Morgan fingerprint density at radius 3 is 2.62 bits per heavy atom. The Morgan fingerprint density at radius 2 is 1.91 bits per heavy atom. The van der Waals surface area contributed by atoms with Gasteiger partial charge in [-0.2, -0.15) is 0 Å². The second-order valence-corrected chi connectivity index (χ2v) is 10.8. The molecule has 0 aliphatic carbocycles. The van der Waals surface area contributed by atoms with E-state index in [0.29, 0.717) is 32.3 Å². The Kier molecular flexibility index (Phi) is 7.84. The summed E-state index contributed by atoms with van der Waals surface area (Å²) in [5.41, 5.74) is 1.02. The molecule has 4 aliphatic heterocycles. The molecule has 0 spiro atoms. The molecule has 4 rings (SSSR count). The Labute approximate surface area is 202 Å². The predicted octanol–water partition coefficient (Wildman–Crippen LogP) is 3.35. The summed E-state index contributed by atoms with van der Waals surface area (Å²) < 4.78 is 37.1. The highest BCUT2D eigenvalue weighted by Crippen LogP contribution is 2.43. The number of carbonyl (C=O) groups is 2. The van der Waals surface area contributed by atoms with Crippen LogP contribution in [0.5, 0.6) is 0 Å². The minimum absolute atomic E-state index is 0.00767. The molecule has 0 saturated carbocycles. The van der Waals surface area contributed by atoms with Gasteiger partial charge in [-0.25, -0.2) is 0 Å². The van der Waals surface area contributed by atoms with Crippen molar-refractivity contribution in [2.75, 3.05) is 6.61 Å². The van der Waals surface area contributed by atoms with Crippen LogP contribution in [0.2, 0.25) is 0 Å². The number of hydrogen-bond donors (Lipinski definition) is 0. The molecule has 192 valence electrons. The highest BCUT2D eigenvalue weighted by atomic mass is 16.7. The molecule has 0 N–H and O–H groups in total. The smallest absolute Gasteiger partial charge is 0.303 e. The van der Waals surface area contributed by atoms with E-state index in [1.807, 2.05) is 13.8 Å². The van der Waals surface area contributed by atoms with Gasteiger partial charge in [-0.3, -0.25) is 4.79 Å². The zero-order valence-corrected chi connectivity index (χ0v) is 21.1. The standard InChI is InChI=1S/C26H40O8/c1-14-10-18(8-7-9-27)31-19(15(14)2)11-21-24(30-17(4)28)16(3)25-22(32-21)12-20-23(33-25)13-29-26(5,6)34-20/h9,14,16,18-25H,2,7-8,10-13H2,1,3-6H3/t14-,16-,18?,19-,20-,21?,22+,23-,24-,25+/m1/s1. The van der Waals surface area contributed by atoms with Crippen molar-refractivity contribution in [3.05, 3.63) is 12.2 Å². The Hall–Kier alpha value is -1.32. The topological polar surface area (TPSA) is 89.5 Å². The van der Waals surface area contributed by atoms with Gasteiger partial charge < -0.3 is 33.2 Å². The molecule has 34 heavy (non-hydrogen) atoms. The number of hydrogen-bond acceptors (Lipinski definition) is 8. The SMILES string of the molecule is C=C1[C@H](C)CC(CCC=O)O[C@@H]1CC1O[C@H]2C[C@H]3OC(C)(C)OC[C@H]3O[C@H]2[C@H](C)[C@H]1OC(C)=O. The first kappa shape index (κ1) is 25.8. The third-order valence-corrected chi connectivity index (χ3v) is 7.74. The molecule has 0 aromatic rings. The molecule has 0 bridgehead atoms. The lowest BCUT2D eigenvalue weighted by atomic mass is 9.79. The van der Waals surface area contributed by atoms with E-state index in [-0.39, 0.29) is 60.5 Å². The number of carbonyl (C=O) groups excluding carboxylic acids is 2. The first-order valence-electron chi connectivity index (χ1n) is 12.7. The number of aldehydes is 1. The molecule has 4 aliphatic rings. The highest BCUT2D eigenvalue weighted by Gasteiger charge is 2.53. The molecule has 0 amide bonds. The van der Waals surface area contributed by atoms with Crippen molar-refractivity contribution >= 4 is 12.3 Å². The van der Waals surface area contributed by atoms with E-state index in [0.717, 1.165) is 18.3 Å². The third kappa shape index (κ3) is 5.57. The lowest BCUT2D eigenvalue weighted by Gasteiger charge is -2.53. The highest BCUT2D eigenvalue weighted by molar-refractivity contribution is 5.66. The maximum absolute atomic E-state index is 12.0. The summed E-state index contributed by atoms with van der Waals surface area (Å²) in [5.74, 6) is -0.779. The van der Waals surface area contributed by atoms with Gasteiger partial charge in [0.15, 0.2) is 5.79 Å². The summed E-state index contributed by atoms with van der Waals surface area (Å²) in [4.78, 5) is 22.9. The van der Waals surface area contributed by atoms with Crippen LogP contribution in [0.25, 0.3) is 0 Å². The van der Waals surface area contributed by atoms with Crippen LogP contribution in [0.4, 0.5) is 0 Å². The molecule has 4 fully saturated rings. The van der Waals surface area contributed by atoms with E-state index in [9.17, 15) is 9.59 Å². The van der Waals surface area contributed by atoms with Crippen LogP contribution in [-0.4, -0.2) is 73.5 Å². The first-order chi connectivity index (χ1) is 16.1. The zero-order valence-electron chi connectivity index (χ0n) is 21.1. The Bertz CT molecular complexity index is 766. The number of fused-ring (bicyclic) bond motifs is 2. The van der Waals surface area contributed by atoms with Gasteiger partial charge in [0.2, 0.25) is 0 Å². The van der Waals surface area contributed by atoms with Gasteiger partial charge in [0, 0.05) is 32.1 Å². The van der Waals surface area contributed by atoms with Crippen LogP contribution in [-0.2, 0) is 38.0 Å². The van der Waals surface area contributed by atoms with Gasteiger partial charge in [-0.15, -0.1) is 0 Å². The van der Waals surface area contributed by atoms with E-state index in [2.05, 4.69) is 20.4 Å². The average molecular weight is 481 g/mol. The van der Waals surface area contributed by atoms with Gasteiger partial charge in [0.25, 0.3) is 0 Å². The molecule has 10 atom stereocenters. The van der Waals surface area contributed by atoms with Crippen molar-refractivity contribution in [1.82, 2.24) is 0 Å². The van der Waals surface area contributed by atoms with Gasteiger partial charge in [-0.05, 0) is 38.2 Å². The quantitative estimate of drug-likeness (QED) is 0.325. The minimum Gasteiger partial charge on any atom is -0.459 e. The lowest BCUT2D eigenvalue weighted by Crippen LogP contribution is -2.64. The molecular weight excluding hydrogens is 440 g/mol. The largest absolute Gasteiger partial charge is 0.459 e. The average Bonchev–Trinajstić information content (AvgIpc) is 2.76. The monoisotopic (exact) mass is 480 g/mol. The van der Waals surface area contributed by atoms with Crippen LogP contribution in [0, 0.1) is 11.8 Å². The third-order valence-electron chi connectivity index (χ3n) is 7.74. The Balaban J connectivity index is 1.50. The molecular formula is C26H40O8. The van der Waals surface area contributed by atoms with E-state index < -0.39 is 11.9 Å². The molecule has 0 radical (unpaired) electrons. The zero-order chi connectivity index (χ0) is 24.6. The van der Waals surface area contributed by atoms with Crippen molar-refractivity contribution in [3.63, 3.8) is 0 Å². The van der Waals surface area contributed by atoms with E-state index in [1.165, 1.54) is 6.92 Å². The summed E-state index contributed by atoms with van der Waals surface area (Å²) >= 11 is 0. The molecule has 0 aromatic heterocycles. The second-order valence-electron chi connectivity index (χ2n) is 10.8. The summed E-state index contributed by atoms with van der Waals surface area (Å²) in [6.45, 7) is 14.2. The van der Waals surface area contributed by atoms with Crippen molar-refractivity contribution < 1.29 is 38.0 Å². The number of ether oxygens (including phenoxy) is 6. The normalized spacial score (nSPS) is 44.0. The summed E-state index contributed by atoms with van der Waals surface area (Å²) in [5, 5.41) is 0. The molecule has 4 saturated heterocycles. The van der Waals surface area contributed by atoms with Crippen LogP contribution in [0.15, 0.2) is 12.2 Å². The van der Waals surface area contributed by atoms with Crippen molar-refractivity contribution in [1.29, 1.82) is 0 Å². The van der Waals surface area contributed by atoms with Crippen LogP contribution in [0.3, 0.4) is 0 Å². The minimum atomic E-state index is -0.655. The summed E-state index contributed by atoms with van der Waals surface area (Å²) in [7, 11) is 0. The van der Waals surface area contributed by atoms with Crippen LogP contribution in [0.1, 0.15) is 66.7 Å². The summed E-state index contributed by atoms with van der Waals surface area (Å²) in [6, 6.07) is 0. The fraction of sp³-hybridized carbons (Fsp3) is 0.846. The molecule has 0 aromatic carbocycles. The van der Waals surface area contributed by atoms with E-state index in [1.54, 1.807) is 0 Å². The lowest BCUT2D eigenvalue weighted by molar-refractivity contribution is -0.355. The fourth-order valence-electron chi connectivity index (χ4n) is 5.93. The number of rotatable bonds is 6. The molecule has 2 unspecified atom stereocenters. The molecule has 8 nitrogen and oxygen atoms in total. The van der Waals surface area contributed by atoms with Crippen LogP contribution < -0.4 is 0 Å². The molecule has 4 heterocycles. The van der Waals surface area contributed by atoms with Crippen molar-refractivity contribution in [2.24, 2.45) is 11.8 Å². The van der Waals surface area contributed by atoms with Crippen molar-refractivity contribution in [3.8, 4) is 0 Å². The van der Waals surface area contributed by atoms with Gasteiger partial charge >= 0.3 is 5.97 Å². The summed E-state index contributed by atoms with van der Waals surface area (Å²) in [6.07, 6.45) is 2.50. The van der Waals surface area contributed by atoms with Gasteiger partial charge in [-0.1, -0.05) is 20.4 Å². The Morgan fingerprint density at radius 1 is 1.15 bits per heavy atom. The fourth-order valence-corrected chi connectivity index (χ4v) is 5.93. The predicted molar refractivity (Wildman–Crippen MR) is 123 cm³/mol. The van der Waals surface area contributed by atoms with E-state index >= 15 is 0 Å². The first-order valence-corrected chi connectivity index (χ1v) is 12.7. The van der Waals surface area contributed by atoms with Gasteiger partial charge in [0.1, 0.15) is 18.5 Å². The molecule has 8 heteroatoms. The van der Waals surface area contributed by atoms with Gasteiger partial charge in [0.05, 0.1) is 43.2 Å². The van der Waals surface area contributed by atoms with Crippen molar-refractivity contribution in [2.45, 2.75) is 121 Å². The maximum Gasteiger partial charge on any atom is 0.303 e. The van der Waals surface area contributed by atoms with E-state index in [4.69, 9.17) is 28.4 Å².